The van der Waals surface area contributed by atoms with Crippen LogP contribution in [-0.4, -0.2) is 6.04 Å². The fraction of sp³-hybridized carbons (Fsp3) is 0.294. The van der Waals surface area contributed by atoms with Crippen LogP contribution in [0.1, 0.15) is 23.6 Å². The largest absolute Gasteiger partial charge is 0.416 e. The Labute approximate surface area is 122 Å². The van der Waals surface area contributed by atoms with E-state index in [1.165, 1.54) is 17.7 Å². The SMILES string of the molecule is CC(Cc1ccccc1)NCc1cccc(C(F)(F)F)c1. The topological polar surface area (TPSA) is 12.0 Å². The van der Waals surface area contributed by atoms with E-state index in [0.717, 1.165) is 12.5 Å². The molecule has 2 rings (SSSR count). The lowest BCUT2D eigenvalue weighted by Gasteiger charge is -2.15. The zero-order chi connectivity index (χ0) is 15.3. The molecule has 0 saturated carbocycles. The van der Waals surface area contributed by atoms with Crippen molar-refractivity contribution in [2.45, 2.75) is 32.1 Å². The second-order valence-corrected chi connectivity index (χ2v) is 5.17. The number of benzene rings is 2. The van der Waals surface area contributed by atoms with Gasteiger partial charge in [-0.2, -0.15) is 13.2 Å². The summed E-state index contributed by atoms with van der Waals surface area (Å²) in [6, 6.07) is 15.7. The molecule has 0 amide bonds. The Bertz CT molecular complexity index is 564. The van der Waals surface area contributed by atoms with Crippen LogP contribution in [-0.2, 0) is 19.1 Å². The van der Waals surface area contributed by atoms with Crippen LogP contribution >= 0.6 is 0 Å². The lowest BCUT2D eigenvalue weighted by atomic mass is 10.1. The van der Waals surface area contributed by atoms with Crippen molar-refractivity contribution in [3.63, 3.8) is 0 Å². The molecular formula is C17H18F3N. The molecule has 1 atom stereocenters. The molecule has 1 N–H and O–H groups in total. The quantitative estimate of drug-likeness (QED) is 0.860. The Kier molecular flexibility index (Phi) is 5.02. The summed E-state index contributed by atoms with van der Waals surface area (Å²) in [5.74, 6) is 0. The minimum atomic E-state index is -4.29. The molecule has 1 nitrogen and oxygen atoms in total. The Morgan fingerprint density at radius 2 is 1.62 bits per heavy atom. The Balaban J connectivity index is 1.91. The maximum Gasteiger partial charge on any atom is 0.416 e. The molecule has 0 aliphatic carbocycles. The molecule has 0 aliphatic rings. The summed E-state index contributed by atoms with van der Waals surface area (Å²) in [6.45, 7) is 2.46. The highest BCUT2D eigenvalue weighted by Gasteiger charge is 2.30. The maximum absolute atomic E-state index is 12.6. The van der Waals surface area contributed by atoms with E-state index in [1.807, 2.05) is 37.3 Å². The van der Waals surface area contributed by atoms with Crippen LogP contribution in [0.3, 0.4) is 0 Å². The van der Waals surface area contributed by atoms with E-state index in [9.17, 15) is 13.2 Å². The van der Waals surface area contributed by atoms with E-state index in [0.29, 0.717) is 12.1 Å². The molecule has 1 unspecified atom stereocenters. The standard InChI is InChI=1S/C17H18F3N/c1-13(10-14-6-3-2-4-7-14)21-12-15-8-5-9-16(11-15)17(18,19)20/h2-9,11,13,21H,10,12H2,1H3. The highest BCUT2D eigenvalue weighted by atomic mass is 19.4. The summed E-state index contributed by atoms with van der Waals surface area (Å²) in [5, 5.41) is 3.26. The molecule has 0 bridgehead atoms. The number of nitrogens with one attached hydrogen (secondary N) is 1. The van der Waals surface area contributed by atoms with Gasteiger partial charge in [0.1, 0.15) is 0 Å². The summed E-state index contributed by atoms with van der Waals surface area (Å²) in [5.41, 5.74) is 1.25. The van der Waals surface area contributed by atoms with Crippen LogP contribution in [0.2, 0.25) is 0 Å². The molecule has 2 aromatic carbocycles. The Hall–Kier alpha value is -1.81. The van der Waals surface area contributed by atoms with E-state index in [1.54, 1.807) is 6.07 Å². The zero-order valence-electron chi connectivity index (χ0n) is 11.8. The van der Waals surface area contributed by atoms with Crippen molar-refractivity contribution in [3.05, 3.63) is 71.3 Å². The molecule has 0 radical (unpaired) electrons. The summed E-state index contributed by atoms with van der Waals surface area (Å²) >= 11 is 0. The molecule has 0 spiro atoms. The minimum absolute atomic E-state index is 0.196. The monoisotopic (exact) mass is 293 g/mol. The maximum atomic E-state index is 12.6. The van der Waals surface area contributed by atoms with Crippen LogP contribution < -0.4 is 5.32 Å². The van der Waals surface area contributed by atoms with Crippen LogP contribution in [0.5, 0.6) is 0 Å². The molecule has 21 heavy (non-hydrogen) atoms. The van der Waals surface area contributed by atoms with E-state index >= 15 is 0 Å². The molecule has 0 heterocycles. The van der Waals surface area contributed by atoms with Gasteiger partial charge in [-0.1, -0.05) is 48.5 Å². The van der Waals surface area contributed by atoms with Gasteiger partial charge in [-0.25, -0.2) is 0 Å². The molecule has 0 aliphatic heterocycles. The van der Waals surface area contributed by atoms with Crippen LogP contribution in [0.15, 0.2) is 54.6 Å². The van der Waals surface area contributed by atoms with Crippen molar-refractivity contribution in [3.8, 4) is 0 Å². The van der Waals surface area contributed by atoms with Crippen LogP contribution in [0, 0.1) is 0 Å². The van der Waals surface area contributed by atoms with Crippen LogP contribution in [0.4, 0.5) is 13.2 Å². The van der Waals surface area contributed by atoms with Crippen molar-refractivity contribution < 1.29 is 13.2 Å². The Morgan fingerprint density at radius 3 is 2.29 bits per heavy atom. The molecule has 0 fully saturated rings. The first kappa shape index (κ1) is 15.6. The molecule has 112 valence electrons. The van der Waals surface area contributed by atoms with Gasteiger partial charge in [0.05, 0.1) is 5.56 Å². The normalized spacial score (nSPS) is 13.1. The van der Waals surface area contributed by atoms with E-state index in [-0.39, 0.29) is 6.04 Å². The van der Waals surface area contributed by atoms with Gasteiger partial charge < -0.3 is 5.32 Å². The van der Waals surface area contributed by atoms with E-state index in [4.69, 9.17) is 0 Å². The van der Waals surface area contributed by atoms with Crippen LogP contribution in [0.25, 0.3) is 0 Å². The summed E-state index contributed by atoms with van der Waals surface area (Å²) in [4.78, 5) is 0. The number of hydrogen-bond acceptors (Lipinski definition) is 1. The lowest BCUT2D eigenvalue weighted by Crippen LogP contribution is -2.27. The molecular weight excluding hydrogens is 275 g/mol. The van der Waals surface area contributed by atoms with Crippen molar-refractivity contribution in [1.29, 1.82) is 0 Å². The Morgan fingerprint density at radius 1 is 0.952 bits per heavy atom. The number of alkyl halides is 3. The first-order chi connectivity index (χ1) is 9.95. The van der Waals surface area contributed by atoms with E-state index < -0.39 is 11.7 Å². The van der Waals surface area contributed by atoms with Crippen molar-refractivity contribution in [2.75, 3.05) is 0 Å². The third kappa shape index (κ3) is 4.90. The molecule has 0 aromatic heterocycles. The van der Waals surface area contributed by atoms with Crippen molar-refractivity contribution in [1.82, 2.24) is 5.32 Å². The highest BCUT2D eigenvalue weighted by molar-refractivity contribution is 5.25. The average Bonchev–Trinajstić information content (AvgIpc) is 2.46. The smallest absolute Gasteiger partial charge is 0.310 e. The lowest BCUT2D eigenvalue weighted by molar-refractivity contribution is -0.137. The average molecular weight is 293 g/mol. The fourth-order valence-electron chi connectivity index (χ4n) is 2.19. The predicted octanol–water partition coefficient (Wildman–Crippen LogP) is 4.43. The molecule has 0 saturated heterocycles. The van der Waals surface area contributed by atoms with Crippen molar-refractivity contribution >= 4 is 0 Å². The number of rotatable bonds is 5. The fourth-order valence-corrected chi connectivity index (χ4v) is 2.19. The summed E-state index contributed by atoms with van der Waals surface area (Å²) in [6.07, 6.45) is -3.44. The third-order valence-corrected chi connectivity index (χ3v) is 3.29. The molecule has 2 aromatic rings. The van der Waals surface area contributed by atoms with Gasteiger partial charge in [-0.3, -0.25) is 0 Å². The first-order valence-corrected chi connectivity index (χ1v) is 6.88. The van der Waals surface area contributed by atoms with Crippen molar-refractivity contribution in [2.24, 2.45) is 0 Å². The second kappa shape index (κ2) is 6.76. The highest BCUT2D eigenvalue weighted by Crippen LogP contribution is 2.29. The van der Waals surface area contributed by atoms with Gasteiger partial charge in [0, 0.05) is 12.6 Å². The summed E-state index contributed by atoms with van der Waals surface area (Å²) in [7, 11) is 0. The summed E-state index contributed by atoms with van der Waals surface area (Å²) < 4.78 is 37.9. The van der Waals surface area contributed by atoms with Gasteiger partial charge in [0.25, 0.3) is 0 Å². The second-order valence-electron chi connectivity index (χ2n) is 5.17. The third-order valence-electron chi connectivity index (χ3n) is 3.29. The first-order valence-electron chi connectivity index (χ1n) is 6.88. The number of halogens is 3. The van der Waals surface area contributed by atoms with Gasteiger partial charge in [-0.15, -0.1) is 0 Å². The van der Waals surface area contributed by atoms with Gasteiger partial charge in [0.15, 0.2) is 0 Å². The van der Waals surface area contributed by atoms with Gasteiger partial charge >= 0.3 is 6.18 Å². The van der Waals surface area contributed by atoms with Gasteiger partial charge in [-0.05, 0) is 30.5 Å². The molecule has 4 heteroatoms. The van der Waals surface area contributed by atoms with E-state index in [2.05, 4.69) is 5.32 Å². The number of hydrogen-bond donors (Lipinski definition) is 1. The predicted molar refractivity (Wildman–Crippen MR) is 77.9 cm³/mol. The van der Waals surface area contributed by atoms with Gasteiger partial charge in [0.2, 0.25) is 0 Å². The minimum Gasteiger partial charge on any atom is -0.310 e. The zero-order valence-corrected chi connectivity index (χ0v) is 11.8.